The van der Waals surface area contributed by atoms with Gasteiger partial charge in [-0.25, -0.2) is 0 Å². The molecule has 30 heavy (non-hydrogen) atoms. The second kappa shape index (κ2) is 7.37. The van der Waals surface area contributed by atoms with Crippen LogP contribution in [0.4, 0.5) is 5.69 Å². The van der Waals surface area contributed by atoms with E-state index in [0.29, 0.717) is 29.9 Å². The molecule has 3 amide bonds. The number of anilines is 1. The SMILES string of the molecule is O=C(CN1CCCC2=C1C(=O)N(C1CC1)C2=O)Nc1ccc(-c2cccnc2)nc1. The van der Waals surface area contributed by atoms with E-state index in [1.165, 1.54) is 4.90 Å². The standard InChI is InChI=1S/C22H21N5O3/c28-19(25-15-5-8-18(24-12-15)14-3-1-9-23-11-14)13-26-10-2-4-17-20(26)22(30)27(21(17)29)16-6-7-16/h1,3,5,8-9,11-12,16H,2,4,6-7,10,13H2,(H,25,28). The van der Waals surface area contributed by atoms with Crippen molar-refractivity contribution in [3.05, 3.63) is 54.1 Å². The second-order valence-electron chi connectivity index (χ2n) is 7.79. The molecule has 0 saturated heterocycles. The van der Waals surface area contributed by atoms with Crippen LogP contribution < -0.4 is 5.32 Å². The van der Waals surface area contributed by atoms with Crippen LogP contribution in [0.2, 0.25) is 0 Å². The van der Waals surface area contributed by atoms with E-state index in [2.05, 4.69) is 15.3 Å². The average Bonchev–Trinajstić information content (AvgIpc) is 3.56. The number of nitrogens with zero attached hydrogens (tertiary/aromatic N) is 4. The molecule has 0 aromatic carbocycles. The molecule has 4 heterocycles. The van der Waals surface area contributed by atoms with Gasteiger partial charge < -0.3 is 10.2 Å². The van der Waals surface area contributed by atoms with Gasteiger partial charge in [0.15, 0.2) is 0 Å². The first-order chi connectivity index (χ1) is 14.6. The Bertz CT molecular complexity index is 1040. The number of rotatable bonds is 5. The minimum Gasteiger partial charge on any atom is -0.357 e. The first-order valence-corrected chi connectivity index (χ1v) is 10.1. The number of aromatic nitrogens is 2. The predicted octanol–water partition coefficient (Wildman–Crippen LogP) is 1.96. The minimum absolute atomic E-state index is 0.0285. The molecule has 0 unspecified atom stereocenters. The van der Waals surface area contributed by atoms with Crippen LogP contribution in [0.5, 0.6) is 0 Å². The molecule has 0 radical (unpaired) electrons. The zero-order valence-corrected chi connectivity index (χ0v) is 16.4. The third-order valence-corrected chi connectivity index (χ3v) is 5.61. The lowest BCUT2D eigenvalue weighted by atomic mass is 10.0. The first-order valence-electron chi connectivity index (χ1n) is 10.1. The normalized spacial score (nSPS) is 18.7. The van der Waals surface area contributed by atoms with E-state index < -0.39 is 0 Å². The van der Waals surface area contributed by atoms with E-state index in [1.807, 2.05) is 18.2 Å². The predicted molar refractivity (Wildman–Crippen MR) is 109 cm³/mol. The van der Waals surface area contributed by atoms with E-state index in [1.54, 1.807) is 29.6 Å². The van der Waals surface area contributed by atoms with Gasteiger partial charge in [-0.3, -0.25) is 29.3 Å². The van der Waals surface area contributed by atoms with E-state index >= 15 is 0 Å². The third kappa shape index (κ3) is 3.34. The van der Waals surface area contributed by atoms with Gasteiger partial charge in [0.1, 0.15) is 5.70 Å². The van der Waals surface area contributed by atoms with Gasteiger partial charge in [-0.05, 0) is 49.9 Å². The summed E-state index contributed by atoms with van der Waals surface area (Å²) in [6, 6.07) is 7.40. The maximum Gasteiger partial charge on any atom is 0.277 e. The number of nitrogens with one attached hydrogen (secondary N) is 1. The maximum atomic E-state index is 12.8. The largest absolute Gasteiger partial charge is 0.357 e. The number of amides is 3. The summed E-state index contributed by atoms with van der Waals surface area (Å²) < 4.78 is 0. The van der Waals surface area contributed by atoms with Crippen LogP contribution >= 0.6 is 0 Å². The van der Waals surface area contributed by atoms with E-state index in [9.17, 15) is 14.4 Å². The summed E-state index contributed by atoms with van der Waals surface area (Å²) in [5.41, 5.74) is 3.22. The highest BCUT2D eigenvalue weighted by Gasteiger charge is 2.48. The molecule has 0 atom stereocenters. The Hall–Kier alpha value is -3.55. The Labute approximate surface area is 173 Å². The van der Waals surface area contributed by atoms with E-state index in [0.717, 1.165) is 30.5 Å². The Morgan fingerprint density at radius 2 is 2.00 bits per heavy atom. The Morgan fingerprint density at radius 3 is 2.70 bits per heavy atom. The molecular weight excluding hydrogens is 382 g/mol. The van der Waals surface area contributed by atoms with Crippen LogP contribution in [0.1, 0.15) is 25.7 Å². The van der Waals surface area contributed by atoms with Gasteiger partial charge in [0.05, 0.1) is 24.1 Å². The third-order valence-electron chi connectivity index (χ3n) is 5.61. The van der Waals surface area contributed by atoms with E-state index in [4.69, 9.17) is 0 Å². The summed E-state index contributed by atoms with van der Waals surface area (Å²) in [6.45, 7) is 0.614. The van der Waals surface area contributed by atoms with Crippen molar-refractivity contribution in [1.82, 2.24) is 19.8 Å². The lowest BCUT2D eigenvalue weighted by Gasteiger charge is -2.28. The molecule has 0 bridgehead atoms. The van der Waals surface area contributed by atoms with Gasteiger partial charge in [-0.1, -0.05) is 0 Å². The molecule has 152 valence electrons. The Balaban J connectivity index is 1.26. The van der Waals surface area contributed by atoms with Crippen molar-refractivity contribution in [2.45, 2.75) is 31.7 Å². The number of pyridine rings is 2. The molecule has 1 fully saturated rings. The van der Waals surface area contributed by atoms with Crippen molar-refractivity contribution < 1.29 is 14.4 Å². The lowest BCUT2D eigenvalue weighted by Crippen LogP contribution is -2.40. The van der Waals surface area contributed by atoms with Crippen LogP contribution in [0.3, 0.4) is 0 Å². The summed E-state index contributed by atoms with van der Waals surface area (Å²) in [5.74, 6) is -0.657. The quantitative estimate of drug-likeness (QED) is 0.767. The van der Waals surface area contributed by atoms with Crippen LogP contribution in [-0.2, 0) is 14.4 Å². The number of imide groups is 1. The minimum atomic E-state index is -0.246. The van der Waals surface area contributed by atoms with Crippen molar-refractivity contribution >= 4 is 23.4 Å². The maximum absolute atomic E-state index is 12.8. The number of carbonyl (C=O) groups excluding carboxylic acids is 3. The molecule has 2 aliphatic heterocycles. The second-order valence-corrected chi connectivity index (χ2v) is 7.79. The van der Waals surface area contributed by atoms with Crippen LogP contribution in [0.15, 0.2) is 54.1 Å². The highest BCUT2D eigenvalue weighted by atomic mass is 16.2. The number of hydrogen-bond donors (Lipinski definition) is 1. The van der Waals surface area contributed by atoms with Crippen molar-refractivity contribution in [2.24, 2.45) is 0 Å². The van der Waals surface area contributed by atoms with Crippen molar-refractivity contribution in [1.29, 1.82) is 0 Å². The summed E-state index contributed by atoms with van der Waals surface area (Å²) in [6.07, 6.45) is 8.13. The van der Waals surface area contributed by atoms with Crippen molar-refractivity contribution in [3.63, 3.8) is 0 Å². The summed E-state index contributed by atoms with van der Waals surface area (Å²) in [7, 11) is 0. The molecule has 8 nitrogen and oxygen atoms in total. The van der Waals surface area contributed by atoms with Gasteiger partial charge in [0, 0.05) is 36.1 Å². The molecular formula is C22H21N5O3. The van der Waals surface area contributed by atoms with Gasteiger partial charge >= 0.3 is 0 Å². The average molecular weight is 403 g/mol. The summed E-state index contributed by atoms with van der Waals surface area (Å²) in [5, 5.41) is 2.83. The van der Waals surface area contributed by atoms with Crippen LogP contribution in [0.25, 0.3) is 11.3 Å². The number of hydrogen-bond acceptors (Lipinski definition) is 6. The lowest BCUT2D eigenvalue weighted by molar-refractivity contribution is -0.138. The molecule has 8 heteroatoms. The topological polar surface area (TPSA) is 95.5 Å². The molecule has 3 aliphatic rings. The van der Waals surface area contributed by atoms with E-state index in [-0.39, 0.29) is 30.3 Å². The van der Waals surface area contributed by atoms with Crippen molar-refractivity contribution in [3.8, 4) is 11.3 Å². The smallest absolute Gasteiger partial charge is 0.277 e. The molecule has 5 rings (SSSR count). The summed E-state index contributed by atoms with van der Waals surface area (Å²) in [4.78, 5) is 49.6. The van der Waals surface area contributed by atoms with Gasteiger partial charge in [-0.2, -0.15) is 0 Å². The monoisotopic (exact) mass is 403 g/mol. The molecule has 2 aromatic heterocycles. The van der Waals surface area contributed by atoms with Crippen LogP contribution in [-0.4, -0.2) is 56.6 Å². The number of carbonyl (C=O) groups is 3. The highest BCUT2D eigenvalue weighted by Crippen LogP contribution is 2.38. The first kappa shape index (κ1) is 18.5. The molecule has 1 aliphatic carbocycles. The van der Waals surface area contributed by atoms with Crippen LogP contribution in [0, 0.1) is 0 Å². The molecule has 1 saturated carbocycles. The van der Waals surface area contributed by atoms with Gasteiger partial charge in [0.2, 0.25) is 5.91 Å². The molecule has 1 N–H and O–H groups in total. The van der Waals surface area contributed by atoms with Gasteiger partial charge in [0.25, 0.3) is 11.8 Å². The fourth-order valence-corrected chi connectivity index (χ4v) is 4.04. The molecule has 0 spiro atoms. The summed E-state index contributed by atoms with van der Waals surface area (Å²) >= 11 is 0. The van der Waals surface area contributed by atoms with Crippen molar-refractivity contribution in [2.75, 3.05) is 18.4 Å². The fourth-order valence-electron chi connectivity index (χ4n) is 4.04. The molecule has 2 aromatic rings. The zero-order valence-electron chi connectivity index (χ0n) is 16.4. The Kier molecular flexibility index (Phi) is 4.54. The highest BCUT2D eigenvalue weighted by molar-refractivity contribution is 6.19. The van der Waals surface area contributed by atoms with Gasteiger partial charge in [-0.15, -0.1) is 0 Å². The Morgan fingerprint density at radius 1 is 1.13 bits per heavy atom. The zero-order chi connectivity index (χ0) is 20.7. The fraction of sp³-hybridized carbons (Fsp3) is 0.318.